The van der Waals surface area contributed by atoms with Crippen LogP contribution in [0.5, 0.6) is 0 Å². The van der Waals surface area contributed by atoms with Crippen LogP contribution in [0.1, 0.15) is 10.4 Å². The molecule has 2 aromatic rings. The molecule has 1 aromatic heterocycles. The van der Waals surface area contributed by atoms with Crippen LogP contribution >= 0.6 is 11.8 Å². The number of aliphatic carboxylic acids is 1. The van der Waals surface area contributed by atoms with E-state index in [4.69, 9.17) is 5.11 Å². The van der Waals surface area contributed by atoms with Gasteiger partial charge in [0.1, 0.15) is 6.54 Å². The number of benzene rings is 1. The molecule has 0 spiro atoms. The van der Waals surface area contributed by atoms with Crippen molar-refractivity contribution in [3.8, 4) is 0 Å². The molecule has 7 heteroatoms. The van der Waals surface area contributed by atoms with Crippen molar-refractivity contribution in [2.75, 3.05) is 11.6 Å². The number of carboxylic acid groups (broad SMARTS) is 1. The van der Waals surface area contributed by atoms with Crippen LogP contribution in [0.15, 0.2) is 41.6 Å². The fraction of sp³-hybridized carbons (Fsp3) is 0.154. The first-order valence-corrected chi connectivity index (χ1v) is 7.00. The highest BCUT2D eigenvalue weighted by Gasteiger charge is 2.08. The lowest BCUT2D eigenvalue weighted by atomic mass is 10.2. The van der Waals surface area contributed by atoms with E-state index in [1.165, 1.54) is 17.1 Å². The summed E-state index contributed by atoms with van der Waals surface area (Å²) in [4.78, 5) is 23.6. The Labute approximate surface area is 119 Å². The zero-order valence-electron chi connectivity index (χ0n) is 10.7. The molecular weight excluding hydrogens is 278 g/mol. The second-order valence-electron chi connectivity index (χ2n) is 4.00. The average molecular weight is 291 g/mol. The minimum absolute atomic E-state index is 0.238. The quantitative estimate of drug-likeness (QED) is 0.822. The number of nitrogens with zero attached hydrogens (tertiary/aromatic N) is 2. The summed E-state index contributed by atoms with van der Waals surface area (Å²) in [5.74, 6) is -1.24. The van der Waals surface area contributed by atoms with Gasteiger partial charge >= 0.3 is 5.97 Å². The maximum Gasteiger partial charge on any atom is 0.325 e. The van der Waals surface area contributed by atoms with Gasteiger partial charge in [0, 0.05) is 16.7 Å². The molecule has 2 rings (SSSR count). The van der Waals surface area contributed by atoms with Crippen molar-refractivity contribution in [1.82, 2.24) is 9.78 Å². The van der Waals surface area contributed by atoms with E-state index in [1.54, 1.807) is 23.9 Å². The van der Waals surface area contributed by atoms with Crippen LogP contribution in [0.4, 0.5) is 5.69 Å². The Morgan fingerprint density at radius 1 is 1.35 bits per heavy atom. The van der Waals surface area contributed by atoms with Gasteiger partial charge in [-0.1, -0.05) is 0 Å². The van der Waals surface area contributed by atoms with Gasteiger partial charge in [-0.3, -0.25) is 14.3 Å². The van der Waals surface area contributed by atoms with Crippen molar-refractivity contribution in [3.05, 3.63) is 42.2 Å². The van der Waals surface area contributed by atoms with E-state index < -0.39 is 5.97 Å². The van der Waals surface area contributed by atoms with Crippen LogP contribution in [0, 0.1) is 0 Å². The van der Waals surface area contributed by atoms with E-state index in [9.17, 15) is 9.59 Å². The zero-order valence-corrected chi connectivity index (χ0v) is 11.6. The van der Waals surface area contributed by atoms with E-state index in [1.807, 2.05) is 18.4 Å². The first kappa shape index (κ1) is 14.1. The van der Waals surface area contributed by atoms with Gasteiger partial charge in [0.2, 0.25) is 0 Å². The number of carboxylic acids is 1. The van der Waals surface area contributed by atoms with Crippen LogP contribution in [0.25, 0.3) is 0 Å². The van der Waals surface area contributed by atoms with Gasteiger partial charge in [-0.25, -0.2) is 0 Å². The number of carbonyl (C=O) groups excluding carboxylic acids is 1. The van der Waals surface area contributed by atoms with Gasteiger partial charge in [0.05, 0.1) is 11.9 Å². The van der Waals surface area contributed by atoms with Crippen molar-refractivity contribution in [3.63, 3.8) is 0 Å². The van der Waals surface area contributed by atoms with Crippen molar-refractivity contribution >= 4 is 29.3 Å². The minimum atomic E-state index is -0.987. The molecule has 0 atom stereocenters. The number of aromatic nitrogens is 2. The molecule has 6 nitrogen and oxygen atoms in total. The Morgan fingerprint density at radius 3 is 2.65 bits per heavy atom. The number of nitrogens with one attached hydrogen (secondary N) is 1. The number of anilines is 1. The summed E-state index contributed by atoms with van der Waals surface area (Å²) in [7, 11) is 0. The van der Waals surface area contributed by atoms with E-state index in [-0.39, 0.29) is 12.5 Å². The van der Waals surface area contributed by atoms with Gasteiger partial charge in [0.15, 0.2) is 0 Å². The number of hydrogen-bond acceptors (Lipinski definition) is 4. The Morgan fingerprint density at radius 2 is 2.05 bits per heavy atom. The molecular formula is C13H13N3O3S. The number of thioether (sulfide) groups is 1. The molecule has 1 aromatic carbocycles. The Bertz CT molecular complexity index is 622. The highest BCUT2D eigenvalue weighted by Crippen LogP contribution is 2.15. The summed E-state index contributed by atoms with van der Waals surface area (Å²) in [6.45, 7) is -0.238. The largest absolute Gasteiger partial charge is 0.480 e. The number of rotatable bonds is 5. The molecule has 0 bridgehead atoms. The van der Waals surface area contributed by atoms with Gasteiger partial charge in [-0.05, 0) is 30.5 Å². The molecule has 0 saturated carbocycles. The monoisotopic (exact) mass is 291 g/mol. The lowest BCUT2D eigenvalue weighted by molar-refractivity contribution is -0.137. The third-order valence-corrected chi connectivity index (χ3v) is 3.28. The SMILES string of the molecule is CSc1ccc(C(=O)Nc2cnn(CC(=O)O)c2)cc1. The summed E-state index contributed by atoms with van der Waals surface area (Å²) < 4.78 is 1.24. The molecule has 2 N–H and O–H groups in total. The second-order valence-corrected chi connectivity index (χ2v) is 4.88. The highest BCUT2D eigenvalue weighted by atomic mass is 32.2. The van der Waals surface area contributed by atoms with Crippen LogP contribution in [0.2, 0.25) is 0 Å². The summed E-state index contributed by atoms with van der Waals surface area (Å²) in [5, 5.41) is 15.2. The fourth-order valence-corrected chi connectivity index (χ4v) is 2.01. The molecule has 0 aliphatic heterocycles. The lowest BCUT2D eigenvalue weighted by Crippen LogP contribution is -2.11. The number of amides is 1. The van der Waals surface area contributed by atoms with Crippen LogP contribution in [-0.4, -0.2) is 33.0 Å². The molecule has 0 aliphatic carbocycles. The van der Waals surface area contributed by atoms with Crippen LogP contribution in [-0.2, 0) is 11.3 Å². The lowest BCUT2D eigenvalue weighted by Gasteiger charge is -2.03. The average Bonchev–Trinajstić information content (AvgIpc) is 2.85. The van der Waals surface area contributed by atoms with Crippen molar-refractivity contribution in [2.24, 2.45) is 0 Å². The van der Waals surface area contributed by atoms with E-state index >= 15 is 0 Å². The first-order valence-electron chi connectivity index (χ1n) is 5.78. The molecule has 0 saturated heterocycles. The third-order valence-electron chi connectivity index (χ3n) is 2.54. The highest BCUT2D eigenvalue weighted by molar-refractivity contribution is 7.98. The number of hydrogen-bond donors (Lipinski definition) is 2. The summed E-state index contributed by atoms with van der Waals surface area (Å²) in [6.07, 6.45) is 4.85. The summed E-state index contributed by atoms with van der Waals surface area (Å²) >= 11 is 1.60. The Kier molecular flexibility index (Phi) is 4.41. The molecule has 0 aliphatic rings. The van der Waals surface area contributed by atoms with Crippen LogP contribution in [0.3, 0.4) is 0 Å². The van der Waals surface area contributed by atoms with Crippen molar-refractivity contribution in [2.45, 2.75) is 11.4 Å². The molecule has 1 amide bonds. The smallest absolute Gasteiger partial charge is 0.325 e. The topological polar surface area (TPSA) is 84.2 Å². The molecule has 0 radical (unpaired) electrons. The van der Waals surface area contributed by atoms with Crippen LogP contribution < -0.4 is 5.32 Å². The molecule has 1 heterocycles. The minimum Gasteiger partial charge on any atom is -0.480 e. The third kappa shape index (κ3) is 3.61. The van der Waals surface area contributed by atoms with Gasteiger partial charge in [-0.15, -0.1) is 11.8 Å². The first-order chi connectivity index (χ1) is 9.58. The maximum absolute atomic E-state index is 12.0. The maximum atomic E-state index is 12.0. The predicted octanol–water partition coefficient (Wildman–Crippen LogP) is 1.94. The Hall–Kier alpha value is -2.28. The standard InChI is InChI=1S/C13H13N3O3S/c1-20-11-4-2-9(3-5-11)13(19)15-10-6-14-16(7-10)8-12(17)18/h2-7H,8H2,1H3,(H,15,19)(H,17,18). The van der Waals surface area contributed by atoms with Gasteiger partial charge in [0.25, 0.3) is 5.91 Å². The molecule has 0 unspecified atom stereocenters. The second kappa shape index (κ2) is 6.25. The summed E-state index contributed by atoms with van der Waals surface area (Å²) in [6, 6.07) is 7.21. The summed E-state index contributed by atoms with van der Waals surface area (Å²) in [5.41, 5.74) is 0.999. The number of carbonyl (C=O) groups is 2. The molecule has 20 heavy (non-hydrogen) atoms. The van der Waals surface area contributed by atoms with E-state index in [0.717, 1.165) is 4.90 Å². The van der Waals surface area contributed by atoms with Gasteiger partial charge in [-0.2, -0.15) is 5.10 Å². The predicted molar refractivity (Wildman–Crippen MR) is 76.0 cm³/mol. The molecule has 0 fully saturated rings. The van der Waals surface area contributed by atoms with Crippen molar-refractivity contribution < 1.29 is 14.7 Å². The van der Waals surface area contributed by atoms with E-state index in [2.05, 4.69) is 10.4 Å². The van der Waals surface area contributed by atoms with Crippen molar-refractivity contribution in [1.29, 1.82) is 0 Å². The Balaban J connectivity index is 2.03. The fourth-order valence-electron chi connectivity index (χ4n) is 1.60. The normalized spacial score (nSPS) is 10.2. The van der Waals surface area contributed by atoms with E-state index in [0.29, 0.717) is 11.3 Å². The van der Waals surface area contributed by atoms with Gasteiger partial charge < -0.3 is 10.4 Å². The zero-order chi connectivity index (χ0) is 14.5. The molecule has 104 valence electrons.